The third kappa shape index (κ3) is 4.26. The van der Waals surface area contributed by atoms with Crippen molar-refractivity contribution >= 4 is 23.6 Å². The topological polar surface area (TPSA) is 98.5 Å². The van der Waals surface area contributed by atoms with Crippen molar-refractivity contribution in [2.75, 3.05) is 7.11 Å². The number of non-ortho nitro benzene ring substituents is 1. The molecule has 2 aromatic carbocycles. The van der Waals surface area contributed by atoms with Gasteiger partial charge in [0.05, 0.1) is 12.0 Å². The average molecular weight is 326 g/mol. The van der Waals surface area contributed by atoms with Gasteiger partial charge in [0.2, 0.25) is 0 Å². The van der Waals surface area contributed by atoms with Crippen LogP contribution in [0.4, 0.5) is 5.69 Å². The number of carbonyl (C=O) groups is 2. The van der Waals surface area contributed by atoms with E-state index >= 15 is 0 Å². The van der Waals surface area contributed by atoms with Gasteiger partial charge in [-0.1, -0.05) is 18.2 Å². The minimum Gasteiger partial charge on any atom is -0.464 e. The molecule has 7 nitrogen and oxygen atoms in total. The summed E-state index contributed by atoms with van der Waals surface area (Å²) in [5.41, 5.74) is 0.755. The molecule has 122 valence electrons. The fourth-order valence-electron chi connectivity index (χ4n) is 1.90. The van der Waals surface area contributed by atoms with Gasteiger partial charge in [0, 0.05) is 17.7 Å². The summed E-state index contributed by atoms with van der Waals surface area (Å²) in [4.78, 5) is 34.1. The second kappa shape index (κ2) is 7.68. The summed E-state index contributed by atoms with van der Waals surface area (Å²) in [6.07, 6.45) is 1.39. The summed E-state index contributed by atoms with van der Waals surface area (Å²) in [7, 11) is 1.20. The van der Waals surface area contributed by atoms with Crippen molar-refractivity contribution in [3.05, 3.63) is 81.5 Å². The lowest BCUT2D eigenvalue weighted by Crippen LogP contribution is -2.28. The highest BCUT2D eigenvalue weighted by molar-refractivity contribution is 6.03. The number of hydrogen-bond donors (Lipinski definition) is 1. The first-order valence-electron chi connectivity index (χ1n) is 6.92. The fourth-order valence-corrected chi connectivity index (χ4v) is 1.90. The van der Waals surface area contributed by atoms with Crippen molar-refractivity contribution in [3.63, 3.8) is 0 Å². The first-order chi connectivity index (χ1) is 11.5. The molecule has 24 heavy (non-hydrogen) atoms. The number of methoxy groups -OCH3 is 1. The molecule has 1 N–H and O–H groups in total. The summed E-state index contributed by atoms with van der Waals surface area (Å²) in [5.74, 6) is -1.19. The van der Waals surface area contributed by atoms with Crippen molar-refractivity contribution in [3.8, 4) is 0 Å². The standard InChI is InChI=1S/C17H14N2O5/c1-24-17(21)15(18-16(20)13-5-3-2-4-6-13)11-12-7-9-14(10-8-12)19(22)23/h2-11H,1H3,(H,18,20)/b15-11-. The SMILES string of the molecule is COC(=O)/C(=C/c1ccc([N+](=O)[O-])cc1)NC(=O)c1ccccc1. The molecule has 0 fully saturated rings. The summed E-state index contributed by atoms with van der Waals surface area (Å²) >= 11 is 0. The molecule has 0 heterocycles. The zero-order valence-corrected chi connectivity index (χ0v) is 12.8. The van der Waals surface area contributed by atoms with Crippen LogP contribution in [-0.4, -0.2) is 23.9 Å². The van der Waals surface area contributed by atoms with Crippen molar-refractivity contribution in [2.24, 2.45) is 0 Å². The first-order valence-corrected chi connectivity index (χ1v) is 6.92. The van der Waals surface area contributed by atoms with Gasteiger partial charge in [-0.3, -0.25) is 14.9 Å². The van der Waals surface area contributed by atoms with E-state index in [1.807, 2.05) is 0 Å². The van der Waals surface area contributed by atoms with E-state index in [-0.39, 0.29) is 11.4 Å². The van der Waals surface area contributed by atoms with Crippen molar-refractivity contribution in [2.45, 2.75) is 0 Å². The van der Waals surface area contributed by atoms with Crippen LogP contribution in [0.15, 0.2) is 60.3 Å². The molecule has 0 unspecified atom stereocenters. The Balaban J connectivity index is 2.26. The zero-order chi connectivity index (χ0) is 17.5. The van der Waals surface area contributed by atoms with Crippen molar-refractivity contribution in [1.29, 1.82) is 0 Å². The van der Waals surface area contributed by atoms with Crippen LogP contribution in [0, 0.1) is 10.1 Å². The maximum atomic E-state index is 12.2. The van der Waals surface area contributed by atoms with Gasteiger partial charge in [0.15, 0.2) is 0 Å². The molecular weight excluding hydrogens is 312 g/mol. The van der Waals surface area contributed by atoms with E-state index in [0.717, 1.165) is 0 Å². The second-order valence-electron chi connectivity index (χ2n) is 4.72. The Kier molecular flexibility index (Phi) is 5.40. The Morgan fingerprint density at radius 1 is 1.08 bits per heavy atom. The molecule has 0 aromatic heterocycles. The van der Waals surface area contributed by atoms with Gasteiger partial charge in [0.1, 0.15) is 5.70 Å². The predicted molar refractivity (Wildman–Crippen MR) is 87.0 cm³/mol. The Labute approximate surface area is 137 Å². The van der Waals surface area contributed by atoms with Crippen LogP contribution in [-0.2, 0) is 9.53 Å². The van der Waals surface area contributed by atoms with E-state index in [0.29, 0.717) is 11.1 Å². The van der Waals surface area contributed by atoms with E-state index in [9.17, 15) is 19.7 Å². The molecule has 2 rings (SSSR count). The number of nitro benzene ring substituents is 1. The molecule has 0 aliphatic rings. The molecule has 0 atom stereocenters. The lowest BCUT2D eigenvalue weighted by molar-refractivity contribution is -0.384. The lowest BCUT2D eigenvalue weighted by atomic mass is 10.1. The van der Waals surface area contributed by atoms with E-state index in [1.54, 1.807) is 30.3 Å². The van der Waals surface area contributed by atoms with Gasteiger partial charge in [-0.15, -0.1) is 0 Å². The van der Waals surface area contributed by atoms with E-state index in [1.165, 1.54) is 37.5 Å². The van der Waals surface area contributed by atoms with Crippen LogP contribution in [0.25, 0.3) is 6.08 Å². The molecule has 0 aliphatic carbocycles. The third-order valence-corrected chi connectivity index (χ3v) is 3.10. The number of carbonyl (C=O) groups excluding carboxylic acids is 2. The molecular formula is C17H14N2O5. The van der Waals surface area contributed by atoms with Gasteiger partial charge >= 0.3 is 5.97 Å². The fraction of sp³-hybridized carbons (Fsp3) is 0.0588. The Bertz CT molecular complexity index is 782. The highest BCUT2D eigenvalue weighted by Crippen LogP contribution is 2.14. The van der Waals surface area contributed by atoms with E-state index < -0.39 is 16.8 Å². The van der Waals surface area contributed by atoms with Crippen LogP contribution in [0.1, 0.15) is 15.9 Å². The highest BCUT2D eigenvalue weighted by Gasteiger charge is 2.15. The summed E-state index contributed by atoms with van der Waals surface area (Å²) in [6.45, 7) is 0. The van der Waals surface area contributed by atoms with Crippen molar-refractivity contribution in [1.82, 2.24) is 5.32 Å². The third-order valence-electron chi connectivity index (χ3n) is 3.10. The normalized spacial score (nSPS) is 10.8. The number of hydrogen-bond acceptors (Lipinski definition) is 5. The van der Waals surface area contributed by atoms with Crippen LogP contribution < -0.4 is 5.32 Å². The highest BCUT2D eigenvalue weighted by atomic mass is 16.6. The molecule has 0 saturated heterocycles. The lowest BCUT2D eigenvalue weighted by Gasteiger charge is -2.08. The van der Waals surface area contributed by atoms with Gasteiger partial charge in [-0.2, -0.15) is 0 Å². The smallest absolute Gasteiger partial charge is 0.354 e. The second-order valence-corrected chi connectivity index (χ2v) is 4.72. The molecule has 1 amide bonds. The van der Waals surface area contributed by atoms with Gasteiger partial charge in [-0.05, 0) is 35.9 Å². The van der Waals surface area contributed by atoms with E-state index in [2.05, 4.69) is 10.1 Å². The van der Waals surface area contributed by atoms with Gasteiger partial charge < -0.3 is 10.1 Å². The van der Waals surface area contributed by atoms with Gasteiger partial charge in [-0.25, -0.2) is 4.79 Å². The number of benzene rings is 2. The van der Waals surface area contributed by atoms with Crippen LogP contribution in [0.5, 0.6) is 0 Å². The molecule has 0 bridgehead atoms. The summed E-state index contributed by atoms with van der Waals surface area (Å²) < 4.78 is 4.65. The molecule has 0 radical (unpaired) electrons. The van der Waals surface area contributed by atoms with Gasteiger partial charge in [0.25, 0.3) is 11.6 Å². The average Bonchev–Trinajstić information content (AvgIpc) is 2.61. The number of ether oxygens (including phenoxy) is 1. The number of nitrogens with zero attached hydrogens (tertiary/aromatic N) is 1. The molecule has 0 saturated carbocycles. The maximum Gasteiger partial charge on any atom is 0.354 e. The van der Waals surface area contributed by atoms with Crippen LogP contribution >= 0.6 is 0 Å². The molecule has 2 aromatic rings. The number of esters is 1. The molecule has 0 spiro atoms. The minimum absolute atomic E-state index is 0.0693. The van der Waals surface area contributed by atoms with Crippen LogP contribution in [0.3, 0.4) is 0 Å². The summed E-state index contributed by atoms with van der Waals surface area (Å²) in [6, 6.07) is 13.9. The quantitative estimate of drug-likeness (QED) is 0.394. The number of nitro groups is 1. The zero-order valence-electron chi connectivity index (χ0n) is 12.8. The maximum absolute atomic E-state index is 12.2. The Hall–Kier alpha value is -3.48. The first kappa shape index (κ1) is 16.9. The number of nitrogens with one attached hydrogen (secondary N) is 1. The number of amides is 1. The number of rotatable bonds is 5. The molecule has 7 heteroatoms. The van der Waals surface area contributed by atoms with Crippen LogP contribution in [0.2, 0.25) is 0 Å². The Morgan fingerprint density at radius 3 is 2.25 bits per heavy atom. The van der Waals surface area contributed by atoms with E-state index in [4.69, 9.17) is 0 Å². The van der Waals surface area contributed by atoms with Crippen molar-refractivity contribution < 1.29 is 19.2 Å². The summed E-state index contributed by atoms with van der Waals surface area (Å²) in [5, 5.41) is 13.1. The largest absolute Gasteiger partial charge is 0.464 e. The minimum atomic E-state index is -0.724. The Morgan fingerprint density at radius 2 is 1.71 bits per heavy atom. The monoisotopic (exact) mass is 326 g/mol. The molecule has 0 aliphatic heterocycles. The predicted octanol–water partition coefficient (Wildman–Crippen LogP) is 2.54.